The minimum absolute atomic E-state index is 0.0998. The molecule has 3 aromatic heterocycles. The number of benzene rings is 2. The zero-order valence-electron chi connectivity index (χ0n) is 20.8. The van der Waals surface area contributed by atoms with Gasteiger partial charge in [-0.2, -0.15) is 0 Å². The number of para-hydroxylation sites is 1. The highest BCUT2D eigenvalue weighted by Crippen LogP contribution is 2.30. The number of nitrogens with one attached hydrogen (secondary N) is 3. The largest absolute Gasteiger partial charge is 0.508 e. The first-order valence-corrected chi connectivity index (χ1v) is 12.3. The van der Waals surface area contributed by atoms with Crippen LogP contribution in [0.25, 0.3) is 11.0 Å². The minimum Gasteiger partial charge on any atom is -0.508 e. The number of amides is 1. The van der Waals surface area contributed by atoms with E-state index in [1.807, 2.05) is 62.6 Å². The molecule has 38 heavy (non-hydrogen) atoms. The molecule has 192 valence electrons. The van der Waals surface area contributed by atoms with Crippen molar-refractivity contribution in [2.24, 2.45) is 0 Å². The summed E-state index contributed by atoms with van der Waals surface area (Å²) in [5.41, 5.74) is 7.81. The second-order valence-electron chi connectivity index (χ2n) is 9.49. The molecule has 1 unspecified atom stereocenters. The number of anilines is 2. The number of rotatable bonds is 6. The van der Waals surface area contributed by atoms with Crippen LogP contribution in [0.3, 0.4) is 0 Å². The number of hydrogen-bond donors (Lipinski definition) is 4. The molecule has 4 heterocycles. The zero-order valence-corrected chi connectivity index (χ0v) is 20.8. The number of hydrogen-bond acceptors (Lipinski definition) is 6. The number of aromatic amines is 1. The van der Waals surface area contributed by atoms with Crippen LogP contribution in [0.4, 0.5) is 15.9 Å². The van der Waals surface area contributed by atoms with Crippen molar-refractivity contribution in [3.05, 3.63) is 102 Å². The van der Waals surface area contributed by atoms with Crippen LogP contribution in [0.5, 0.6) is 5.75 Å². The molecule has 0 saturated carbocycles. The quantitative estimate of drug-likeness (QED) is 0.267. The Labute approximate surface area is 217 Å². The Morgan fingerprint density at radius 3 is 2.76 bits per heavy atom. The molecule has 0 radical (unpaired) electrons. The number of phenols is 1. The third kappa shape index (κ3) is 4.09. The van der Waals surface area contributed by atoms with Gasteiger partial charge >= 0.3 is 0 Å². The maximum atomic E-state index is 13.9. The lowest BCUT2D eigenvalue weighted by Crippen LogP contribution is -2.59. The van der Waals surface area contributed by atoms with Crippen molar-refractivity contribution in [3.63, 3.8) is 0 Å². The second kappa shape index (κ2) is 9.22. The van der Waals surface area contributed by atoms with Gasteiger partial charge < -0.3 is 20.8 Å². The summed E-state index contributed by atoms with van der Waals surface area (Å²) in [5, 5.41) is 14.1. The lowest BCUT2D eigenvalue weighted by Gasteiger charge is -2.41. The number of H-pyrrole nitrogens is 1. The van der Waals surface area contributed by atoms with Gasteiger partial charge in [0.15, 0.2) is 0 Å². The summed E-state index contributed by atoms with van der Waals surface area (Å²) < 4.78 is 15.7. The first-order valence-electron chi connectivity index (χ1n) is 12.3. The van der Waals surface area contributed by atoms with Gasteiger partial charge in [0.2, 0.25) is 0 Å². The van der Waals surface area contributed by atoms with Gasteiger partial charge in [-0.1, -0.05) is 18.2 Å². The summed E-state index contributed by atoms with van der Waals surface area (Å²) >= 11 is 0. The maximum absolute atomic E-state index is 13.9. The molecule has 0 bridgehead atoms. The fourth-order valence-electron chi connectivity index (χ4n) is 5.08. The van der Waals surface area contributed by atoms with Gasteiger partial charge in [-0.25, -0.2) is 14.4 Å². The van der Waals surface area contributed by atoms with Gasteiger partial charge in [-0.15, -0.1) is 0 Å². The Kier molecular flexibility index (Phi) is 5.71. The first-order chi connectivity index (χ1) is 18.4. The van der Waals surface area contributed by atoms with Crippen LogP contribution < -0.4 is 15.6 Å². The zero-order chi connectivity index (χ0) is 26.4. The normalized spacial score (nSPS) is 15.8. The number of aromatic nitrogens is 4. The molecular weight excluding hydrogens is 485 g/mol. The predicted octanol–water partition coefficient (Wildman–Crippen LogP) is 4.53. The van der Waals surface area contributed by atoms with E-state index < -0.39 is 12.0 Å². The number of aryl methyl sites for hydroxylation is 1. The Hall–Kier alpha value is -4.86. The molecule has 0 saturated heterocycles. The lowest BCUT2D eigenvalue weighted by atomic mass is 10.0. The van der Waals surface area contributed by atoms with Crippen LogP contribution in [0.1, 0.15) is 34.1 Å². The van der Waals surface area contributed by atoms with Gasteiger partial charge in [0.25, 0.3) is 5.91 Å². The molecule has 2 aromatic carbocycles. The fraction of sp³-hybridized carbons (Fsp3) is 0.179. The van der Waals surface area contributed by atoms with E-state index in [9.17, 15) is 14.3 Å². The van der Waals surface area contributed by atoms with Crippen molar-refractivity contribution in [2.45, 2.75) is 32.5 Å². The highest BCUT2D eigenvalue weighted by atomic mass is 19.1. The summed E-state index contributed by atoms with van der Waals surface area (Å²) in [6.07, 6.45) is 5.05. The maximum Gasteiger partial charge on any atom is 0.278 e. The molecule has 2 atom stereocenters. The summed E-state index contributed by atoms with van der Waals surface area (Å²) in [5.74, 6) is -0.151. The van der Waals surface area contributed by atoms with Gasteiger partial charge in [0.1, 0.15) is 41.2 Å². The standard InChI is InChI=1S/C28H26FN7O2/c1-16-8-9-35-24(16)28(38)36(21-6-4-3-5-7-21)27(34-35)17(2)33-26-23-19(14-30-25(23)31-15-32-26)10-18-11-20(29)13-22(37)12-18/h3-9,11-15,17,27,34,37H,10H2,1-2H3,(H2,30,31,32,33)/t17-,27?/m0/s1. The number of aromatic hydroxyl groups is 1. The third-order valence-electron chi connectivity index (χ3n) is 6.82. The van der Waals surface area contributed by atoms with Crippen LogP contribution in [-0.2, 0) is 6.42 Å². The van der Waals surface area contributed by atoms with Crippen molar-refractivity contribution in [2.75, 3.05) is 15.6 Å². The number of carbonyl (C=O) groups excluding carboxylic acids is 1. The average molecular weight is 512 g/mol. The molecule has 6 rings (SSSR count). The molecule has 0 aliphatic carbocycles. The second-order valence-corrected chi connectivity index (χ2v) is 9.49. The van der Waals surface area contributed by atoms with Crippen molar-refractivity contribution >= 4 is 28.4 Å². The van der Waals surface area contributed by atoms with Crippen LogP contribution >= 0.6 is 0 Å². The molecule has 5 aromatic rings. The van der Waals surface area contributed by atoms with Crippen molar-refractivity contribution in [3.8, 4) is 5.75 Å². The molecule has 0 spiro atoms. The van der Waals surface area contributed by atoms with Gasteiger partial charge in [0.05, 0.1) is 11.4 Å². The highest BCUT2D eigenvalue weighted by molar-refractivity contribution is 6.07. The molecule has 1 aliphatic heterocycles. The molecule has 4 N–H and O–H groups in total. The Morgan fingerprint density at radius 2 is 1.97 bits per heavy atom. The molecule has 1 amide bonds. The molecule has 10 heteroatoms. The summed E-state index contributed by atoms with van der Waals surface area (Å²) in [6, 6.07) is 15.2. The molecule has 9 nitrogen and oxygen atoms in total. The topological polar surface area (TPSA) is 111 Å². The summed E-state index contributed by atoms with van der Waals surface area (Å²) in [6.45, 7) is 3.90. The monoisotopic (exact) mass is 511 g/mol. The van der Waals surface area contributed by atoms with Crippen LogP contribution in [0, 0.1) is 12.7 Å². The number of carbonyl (C=O) groups is 1. The van der Waals surface area contributed by atoms with Gasteiger partial charge in [-0.05, 0) is 67.3 Å². The summed E-state index contributed by atoms with van der Waals surface area (Å²) in [4.78, 5) is 27.5. The van der Waals surface area contributed by atoms with E-state index in [4.69, 9.17) is 0 Å². The van der Waals surface area contributed by atoms with Crippen molar-refractivity contribution in [1.82, 2.24) is 19.6 Å². The van der Waals surface area contributed by atoms with E-state index in [2.05, 4.69) is 25.7 Å². The van der Waals surface area contributed by atoms with Crippen LogP contribution in [0.15, 0.2) is 73.3 Å². The van der Waals surface area contributed by atoms with Gasteiger partial charge in [-0.3, -0.25) is 14.4 Å². The molecular formula is C28H26FN7O2. The van der Waals surface area contributed by atoms with E-state index in [0.717, 1.165) is 28.3 Å². The van der Waals surface area contributed by atoms with Crippen LogP contribution in [0.2, 0.25) is 0 Å². The number of fused-ring (bicyclic) bond motifs is 2. The molecule has 1 aliphatic rings. The Balaban J connectivity index is 1.36. The van der Waals surface area contributed by atoms with E-state index in [-0.39, 0.29) is 17.7 Å². The Morgan fingerprint density at radius 1 is 1.16 bits per heavy atom. The lowest BCUT2D eigenvalue weighted by molar-refractivity contribution is 0.0954. The SMILES string of the molecule is Cc1ccn2c1C(=O)N(c1ccccc1)C([C@H](C)Nc1ncnc3[nH]cc(Cc4cc(O)cc(F)c4)c13)N2. The fourth-order valence-corrected chi connectivity index (χ4v) is 5.08. The molecule has 0 fully saturated rings. The highest BCUT2D eigenvalue weighted by Gasteiger charge is 2.37. The van der Waals surface area contributed by atoms with Crippen molar-refractivity contribution in [1.29, 1.82) is 0 Å². The Bertz CT molecular complexity index is 1630. The average Bonchev–Trinajstić information content (AvgIpc) is 3.48. The van der Waals surface area contributed by atoms with E-state index in [1.165, 1.54) is 18.5 Å². The third-order valence-corrected chi connectivity index (χ3v) is 6.82. The van der Waals surface area contributed by atoms with E-state index in [1.54, 1.807) is 9.58 Å². The predicted molar refractivity (Wildman–Crippen MR) is 143 cm³/mol. The van der Waals surface area contributed by atoms with E-state index in [0.29, 0.717) is 29.1 Å². The first kappa shape index (κ1) is 23.5. The summed E-state index contributed by atoms with van der Waals surface area (Å²) in [7, 11) is 0. The van der Waals surface area contributed by atoms with Gasteiger partial charge in [0, 0.05) is 24.1 Å². The smallest absolute Gasteiger partial charge is 0.278 e. The van der Waals surface area contributed by atoms with Crippen LogP contribution in [-0.4, -0.2) is 42.8 Å². The number of nitrogens with zero attached hydrogens (tertiary/aromatic N) is 4. The minimum atomic E-state index is -0.503. The number of halogens is 1. The van der Waals surface area contributed by atoms with Crippen molar-refractivity contribution < 1.29 is 14.3 Å². The van der Waals surface area contributed by atoms with E-state index >= 15 is 0 Å². The number of phenolic OH excluding ortho intramolecular Hbond substituents is 1.